The van der Waals surface area contributed by atoms with Crippen LogP contribution in [0.4, 0.5) is 0 Å². The SMILES string of the molecule is COc1cc(C)cc2ccc(CC(=O)O)cc12. The minimum atomic E-state index is -0.824. The van der Waals surface area contributed by atoms with E-state index in [1.54, 1.807) is 7.11 Å². The van der Waals surface area contributed by atoms with E-state index in [4.69, 9.17) is 9.84 Å². The predicted molar refractivity (Wildman–Crippen MR) is 66.6 cm³/mol. The highest BCUT2D eigenvalue weighted by Crippen LogP contribution is 2.28. The zero-order valence-corrected chi connectivity index (χ0v) is 9.86. The molecule has 0 saturated carbocycles. The minimum Gasteiger partial charge on any atom is -0.496 e. The third-order valence-electron chi connectivity index (χ3n) is 2.70. The number of hydrogen-bond acceptors (Lipinski definition) is 2. The summed E-state index contributed by atoms with van der Waals surface area (Å²) in [5, 5.41) is 10.8. The lowest BCUT2D eigenvalue weighted by Crippen LogP contribution is -1.99. The molecule has 0 bridgehead atoms. The predicted octanol–water partition coefficient (Wildman–Crippen LogP) is 2.78. The van der Waals surface area contributed by atoms with Gasteiger partial charge in [-0.1, -0.05) is 18.2 Å². The van der Waals surface area contributed by atoms with Crippen LogP contribution in [-0.2, 0) is 11.2 Å². The number of hydrogen-bond donors (Lipinski definition) is 1. The number of benzene rings is 2. The van der Waals surface area contributed by atoms with Gasteiger partial charge in [0.15, 0.2) is 0 Å². The van der Waals surface area contributed by atoms with Crippen LogP contribution in [0.1, 0.15) is 11.1 Å². The van der Waals surface area contributed by atoms with E-state index >= 15 is 0 Å². The van der Waals surface area contributed by atoms with Gasteiger partial charge in [0, 0.05) is 5.39 Å². The van der Waals surface area contributed by atoms with E-state index in [1.807, 2.05) is 31.2 Å². The molecule has 3 nitrogen and oxygen atoms in total. The monoisotopic (exact) mass is 230 g/mol. The van der Waals surface area contributed by atoms with E-state index in [0.717, 1.165) is 27.6 Å². The molecule has 0 aliphatic heterocycles. The second-order valence-electron chi connectivity index (χ2n) is 4.09. The quantitative estimate of drug-likeness (QED) is 0.881. The van der Waals surface area contributed by atoms with Gasteiger partial charge in [0.2, 0.25) is 0 Å². The second-order valence-corrected chi connectivity index (χ2v) is 4.09. The Morgan fingerprint density at radius 3 is 2.71 bits per heavy atom. The lowest BCUT2D eigenvalue weighted by Gasteiger charge is -2.08. The van der Waals surface area contributed by atoms with Crippen molar-refractivity contribution in [1.29, 1.82) is 0 Å². The summed E-state index contributed by atoms with van der Waals surface area (Å²) in [5.74, 6) is -0.0392. The average molecular weight is 230 g/mol. The number of aliphatic carboxylic acids is 1. The first-order valence-corrected chi connectivity index (χ1v) is 5.39. The van der Waals surface area contributed by atoms with Crippen LogP contribution in [0.15, 0.2) is 30.3 Å². The largest absolute Gasteiger partial charge is 0.496 e. The van der Waals surface area contributed by atoms with Gasteiger partial charge < -0.3 is 9.84 Å². The highest BCUT2D eigenvalue weighted by atomic mass is 16.5. The highest BCUT2D eigenvalue weighted by molar-refractivity contribution is 5.90. The molecule has 0 atom stereocenters. The summed E-state index contributed by atoms with van der Waals surface area (Å²) >= 11 is 0. The fraction of sp³-hybridized carbons (Fsp3) is 0.214. The number of carboxylic acids is 1. The molecular weight excluding hydrogens is 216 g/mol. The smallest absolute Gasteiger partial charge is 0.307 e. The average Bonchev–Trinajstić information content (AvgIpc) is 2.27. The summed E-state index contributed by atoms with van der Waals surface area (Å²) in [5.41, 5.74) is 1.91. The first kappa shape index (κ1) is 11.5. The van der Waals surface area contributed by atoms with Crippen molar-refractivity contribution >= 4 is 16.7 Å². The van der Waals surface area contributed by atoms with E-state index in [1.165, 1.54) is 0 Å². The van der Waals surface area contributed by atoms with E-state index < -0.39 is 5.97 Å². The Bertz CT molecular complexity index is 573. The number of fused-ring (bicyclic) bond motifs is 1. The molecule has 0 aliphatic carbocycles. The van der Waals surface area contributed by atoms with Crippen LogP contribution in [0.3, 0.4) is 0 Å². The lowest BCUT2D eigenvalue weighted by atomic mass is 10.0. The second kappa shape index (κ2) is 4.45. The molecule has 0 saturated heterocycles. The van der Waals surface area contributed by atoms with Crippen molar-refractivity contribution in [3.63, 3.8) is 0 Å². The molecule has 88 valence electrons. The van der Waals surface area contributed by atoms with Crippen LogP contribution in [0.25, 0.3) is 10.8 Å². The standard InChI is InChI=1S/C14H14O3/c1-9-5-11-4-3-10(8-14(15)16)7-12(11)13(6-9)17-2/h3-7H,8H2,1-2H3,(H,15,16). The molecule has 0 unspecified atom stereocenters. The molecule has 17 heavy (non-hydrogen) atoms. The maximum atomic E-state index is 10.7. The van der Waals surface area contributed by atoms with Gasteiger partial charge in [-0.15, -0.1) is 0 Å². The number of carbonyl (C=O) groups is 1. The van der Waals surface area contributed by atoms with Crippen LogP contribution in [0, 0.1) is 6.92 Å². The van der Waals surface area contributed by atoms with E-state index in [9.17, 15) is 4.79 Å². The van der Waals surface area contributed by atoms with E-state index in [2.05, 4.69) is 6.07 Å². The van der Waals surface area contributed by atoms with E-state index in [0.29, 0.717) is 0 Å². The number of ether oxygens (including phenoxy) is 1. The fourth-order valence-electron chi connectivity index (χ4n) is 1.97. The van der Waals surface area contributed by atoms with Crippen molar-refractivity contribution in [2.75, 3.05) is 7.11 Å². The molecule has 0 heterocycles. The number of aryl methyl sites for hydroxylation is 1. The van der Waals surface area contributed by atoms with Gasteiger partial charge in [0.25, 0.3) is 0 Å². The number of rotatable bonds is 3. The normalized spacial score (nSPS) is 10.5. The summed E-state index contributed by atoms with van der Waals surface area (Å²) in [6.45, 7) is 2.01. The minimum absolute atomic E-state index is 0.0347. The van der Waals surface area contributed by atoms with Crippen molar-refractivity contribution in [1.82, 2.24) is 0 Å². The van der Waals surface area contributed by atoms with Crippen LogP contribution in [-0.4, -0.2) is 18.2 Å². The van der Waals surface area contributed by atoms with Gasteiger partial charge in [-0.3, -0.25) is 4.79 Å². The Balaban J connectivity index is 2.59. The Hall–Kier alpha value is -2.03. The molecule has 0 aliphatic rings. The van der Waals surface area contributed by atoms with Crippen molar-refractivity contribution in [3.05, 3.63) is 41.5 Å². The van der Waals surface area contributed by atoms with Gasteiger partial charge in [-0.25, -0.2) is 0 Å². The Kier molecular flexibility index (Phi) is 3.00. The first-order valence-electron chi connectivity index (χ1n) is 5.39. The van der Waals surface area contributed by atoms with Crippen molar-refractivity contribution in [2.24, 2.45) is 0 Å². The molecule has 1 N–H and O–H groups in total. The molecule has 2 rings (SSSR count). The van der Waals surface area contributed by atoms with Gasteiger partial charge in [-0.2, -0.15) is 0 Å². The van der Waals surface area contributed by atoms with Crippen LogP contribution < -0.4 is 4.74 Å². The maximum absolute atomic E-state index is 10.7. The van der Waals surface area contributed by atoms with Gasteiger partial charge in [-0.05, 0) is 35.6 Å². The Labute approximate surface area is 99.6 Å². The van der Waals surface area contributed by atoms with Crippen molar-refractivity contribution in [2.45, 2.75) is 13.3 Å². The van der Waals surface area contributed by atoms with Gasteiger partial charge in [0.05, 0.1) is 13.5 Å². The first-order chi connectivity index (χ1) is 8.10. The molecule has 3 heteroatoms. The Morgan fingerprint density at radius 2 is 2.06 bits per heavy atom. The molecule has 0 spiro atoms. The zero-order valence-electron chi connectivity index (χ0n) is 9.86. The van der Waals surface area contributed by atoms with Gasteiger partial charge in [0.1, 0.15) is 5.75 Å². The molecule has 2 aromatic rings. The summed E-state index contributed by atoms with van der Waals surface area (Å²) in [4.78, 5) is 10.7. The van der Waals surface area contributed by atoms with E-state index in [-0.39, 0.29) is 6.42 Å². The third-order valence-corrected chi connectivity index (χ3v) is 2.70. The molecular formula is C14H14O3. The van der Waals surface area contributed by atoms with Crippen molar-refractivity contribution < 1.29 is 14.6 Å². The zero-order chi connectivity index (χ0) is 12.4. The topological polar surface area (TPSA) is 46.5 Å². The fourth-order valence-corrected chi connectivity index (χ4v) is 1.97. The van der Waals surface area contributed by atoms with Crippen molar-refractivity contribution in [3.8, 4) is 5.75 Å². The summed E-state index contributed by atoms with van der Waals surface area (Å²) in [6.07, 6.45) is 0.0347. The summed E-state index contributed by atoms with van der Waals surface area (Å²) < 4.78 is 5.32. The van der Waals surface area contributed by atoms with Crippen LogP contribution >= 0.6 is 0 Å². The van der Waals surface area contributed by atoms with Crippen LogP contribution in [0.2, 0.25) is 0 Å². The molecule has 0 aromatic heterocycles. The molecule has 2 aromatic carbocycles. The van der Waals surface area contributed by atoms with Gasteiger partial charge >= 0.3 is 5.97 Å². The molecule has 0 fully saturated rings. The number of methoxy groups -OCH3 is 1. The summed E-state index contributed by atoms with van der Waals surface area (Å²) in [6, 6.07) is 9.66. The Morgan fingerprint density at radius 1 is 1.29 bits per heavy atom. The third kappa shape index (κ3) is 2.38. The summed E-state index contributed by atoms with van der Waals surface area (Å²) in [7, 11) is 1.62. The number of carboxylic acid groups (broad SMARTS) is 1. The highest BCUT2D eigenvalue weighted by Gasteiger charge is 2.06. The molecule has 0 radical (unpaired) electrons. The van der Waals surface area contributed by atoms with Crippen LogP contribution in [0.5, 0.6) is 5.75 Å². The maximum Gasteiger partial charge on any atom is 0.307 e. The lowest BCUT2D eigenvalue weighted by molar-refractivity contribution is -0.136. The molecule has 0 amide bonds.